The standard InChI is InChI=1S/C18H12Cl2N2O3S2/c19-11-1-4-13(5-2-11)21-16(23)9-25-14-6-3-12(20)7-10(14)8-15-17(24)22-18(26)27-15/h1-8H,9H2,(H,21,23)(H,22,24,26)/b15-8-. The van der Waals surface area contributed by atoms with Crippen LogP contribution in [0.25, 0.3) is 6.08 Å². The fourth-order valence-electron chi connectivity index (χ4n) is 2.20. The van der Waals surface area contributed by atoms with Crippen LogP contribution in [0.2, 0.25) is 10.0 Å². The number of ether oxygens (including phenoxy) is 1. The van der Waals surface area contributed by atoms with E-state index in [2.05, 4.69) is 10.6 Å². The van der Waals surface area contributed by atoms with Crippen molar-refractivity contribution in [2.75, 3.05) is 11.9 Å². The molecule has 5 nitrogen and oxygen atoms in total. The van der Waals surface area contributed by atoms with Crippen LogP contribution in [-0.2, 0) is 9.59 Å². The van der Waals surface area contributed by atoms with Gasteiger partial charge in [-0.25, -0.2) is 0 Å². The minimum absolute atomic E-state index is 0.210. The third-order valence-corrected chi connectivity index (χ3v) is 5.04. The van der Waals surface area contributed by atoms with E-state index in [9.17, 15) is 9.59 Å². The van der Waals surface area contributed by atoms with Gasteiger partial charge in [-0.05, 0) is 48.5 Å². The minimum atomic E-state index is -0.333. The molecular weight excluding hydrogens is 427 g/mol. The minimum Gasteiger partial charge on any atom is -0.483 e. The zero-order valence-electron chi connectivity index (χ0n) is 13.6. The molecule has 0 bridgehead atoms. The van der Waals surface area contributed by atoms with E-state index in [-0.39, 0.29) is 18.4 Å². The van der Waals surface area contributed by atoms with Gasteiger partial charge in [0.25, 0.3) is 11.8 Å². The molecule has 2 N–H and O–H groups in total. The van der Waals surface area contributed by atoms with Gasteiger partial charge in [-0.15, -0.1) is 0 Å². The number of hydrogen-bond acceptors (Lipinski definition) is 5. The highest BCUT2D eigenvalue weighted by Crippen LogP contribution is 2.31. The maximum absolute atomic E-state index is 12.1. The summed E-state index contributed by atoms with van der Waals surface area (Å²) in [5.41, 5.74) is 1.18. The quantitative estimate of drug-likeness (QED) is 0.531. The molecule has 9 heteroatoms. The van der Waals surface area contributed by atoms with Crippen molar-refractivity contribution >= 4 is 75.1 Å². The van der Waals surface area contributed by atoms with Crippen molar-refractivity contribution < 1.29 is 14.3 Å². The van der Waals surface area contributed by atoms with Gasteiger partial charge in [0.2, 0.25) is 0 Å². The number of thiocarbonyl (C=S) groups is 1. The average molecular weight is 439 g/mol. The van der Waals surface area contributed by atoms with Gasteiger partial charge in [0, 0.05) is 21.3 Å². The largest absolute Gasteiger partial charge is 0.483 e. The lowest BCUT2D eigenvalue weighted by atomic mass is 10.2. The van der Waals surface area contributed by atoms with Gasteiger partial charge in [-0.1, -0.05) is 47.2 Å². The number of rotatable bonds is 5. The van der Waals surface area contributed by atoms with Crippen LogP contribution < -0.4 is 15.4 Å². The van der Waals surface area contributed by atoms with Crippen molar-refractivity contribution in [1.82, 2.24) is 5.32 Å². The maximum atomic E-state index is 12.1. The van der Waals surface area contributed by atoms with Crippen molar-refractivity contribution in [3.8, 4) is 5.75 Å². The van der Waals surface area contributed by atoms with Crippen LogP contribution in [0.4, 0.5) is 5.69 Å². The number of hydrogen-bond donors (Lipinski definition) is 2. The van der Waals surface area contributed by atoms with Crippen LogP contribution in [0, 0.1) is 0 Å². The number of thioether (sulfide) groups is 1. The normalized spacial score (nSPS) is 15.0. The Morgan fingerprint density at radius 2 is 1.89 bits per heavy atom. The molecule has 2 aromatic carbocycles. The number of carbonyl (C=O) groups is 2. The zero-order valence-corrected chi connectivity index (χ0v) is 16.8. The summed E-state index contributed by atoms with van der Waals surface area (Å²) in [5.74, 6) is -0.194. The van der Waals surface area contributed by atoms with Gasteiger partial charge < -0.3 is 15.4 Å². The lowest BCUT2D eigenvalue weighted by molar-refractivity contribution is -0.118. The van der Waals surface area contributed by atoms with E-state index in [1.54, 1.807) is 48.5 Å². The molecule has 1 heterocycles. The first-order valence-corrected chi connectivity index (χ1v) is 9.61. The van der Waals surface area contributed by atoms with E-state index < -0.39 is 0 Å². The maximum Gasteiger partial charge on any atom is 0.263 e. The fraction of sp³-hybridized carbons (Fsp3) is 0.0556. The van der Waals surface area contributed by atoms with Crippen molar-refractivity contribution in [1.29, 1.82) is 0 Å². The second kappa shape index (κ2) is 8.75. The Kier molecular flexibility index (Phi) is 6.38. The SMILES string of the molecule is O=C(COc1ccc(Cl)cc1/C=C1\SC(=S)NC1=O)Nc1ccc(Cl)cc1. The molecule has 1 fully saturated rings. The summed E-state index contributed by atoms with van der Waals surface area (Å²) in [6.45, 7) is -0.210. The molecule has 1 aliphatic heterocycles. The molecule has 0 unspecified atom stereocenters. The van der Waals surface area contributed by atoms with Crippen LogP contribution in [0.15, 0.2) is 47.4 Å². The van der Waals surface area contributed by atoms with E-state index in [1.165, 1.54) is 0 Å². The van der Waals surface area contributed by atoms with Crippen molar-refractivity contribution in [2.24, 2.45) is 0 Å². The molecule has 0 spiro atoms. The lowest BCUT2D eigenvalue weighted by Crippen LogP contribution is -2.20. The van der Waals surface area contributed by atoms with E-state index in [0.29, 0.717) is 36.3 Å². The summed E-state index contributed by atoms with van der Waals surface area (Å²) < 4.78 is 5.99. The topological polar surface area (TPSA) is 67.4 Å². The Morgan fingerprint density at radius 3 is 2.56 bits per heavy atom. The molecule has 0 radical (unpaired) electrons. The molecule has 3 rings (SSSR count). The second-order valence-corrected chi connectivity index (χ2v) is 7.97. The number of anilines is 1. The Labute approximate surface area is 175 Å². The summed E-state index contributed by atoms with van der Waals surface area (Å²) in [7, 11) is 0. The van der Waals surface area contributed by atoms with Gasteiger partial charge in [-0.2, -0.15) is 0 Å². The summed E-state index contributed by atoms with van der Waals surface area (Å²) in [6, 6.07) is 11.7. The van der Waals surface area contributed by atoms with E-state index in [1.807, 2.05) is 0 Å². The number of nitrogens with one attached hydrogen (secondary N) is 2. The highest BCUT2D eigenvalue weighted by molar-refractivity contribution is 8.26. The molecule has 138 valence electrons. The van der Waals surface area contributed by atoms with Gasteiger partial charge in [0.1, 0.15) is 10.1 Å². The van der Waals surface area contributed by atoms with Gasteiger partial charge in [0.15, 0.2) is 6.61 Å². The second-order valence-electron chi connectivity index (χ2n) is 5.38. The molecule has 2 amide bonds. The lowest BCUT2D eigenvalue weighted by Gasteiger charge is -2.10. The first-order valence-electron chi connectivity index (χ1n) is 7.63. The van der Waals surface area contributed by atoms with Crippen LogP contribution in [0.5, 0.6) is 5.75 Å². The Morgan fingerprint density at radius 1 is 1.19 bits per heavy atom. The van der Waals surface area contributed by atoms with Gasteiger partial charge in [-0.3, -0.25) is 9.59 Å². The molecule has 0 aromatic heterocycles. The Hall–Kier alpha value is -2.06. The molecule has 1 saturated heterocycles. The summed E-state index contributed by atoms with van der Waals surface area (Å²) in [4.78, 5) is 24.4. The first kappa shape index (κ1) is 19.7. The van der Waals surface area contributed by atoms with Crippen molar-refractivity contribution in [3.05, 3.63) is 63.0 Å². The number of halogens is 2. The summed E-state index contributed by atoms with van der Waals surface area (Å²) in [5, 5.41) is 6.31. The van der Waals surface area contributed by atoms with Crippen LogP contribution in [-0.4, -0.2) is 22.7 Å². The van der Waals surface area contributed by atoms with Crippen molar-refractivity contribution in [3.63, 3.8) is 0 Å². The molecule has 0 atom stereocenters. The smallest absolute Gasteiger partial charge is 0.263 e. The zero-order chi connectivity index (χ0) is 19.4. The third kappa shape index (κ3) is 5.46. The molecule has 2 aromatic rings. The highest BCUT2D eigenvalue weighted by Gasteiger charge is 2.22. The Balaban J connectivity index is 1.70. The first-order chi connectivity index (χ1) is 12.9. The molecule has 27 heavy (non-hydrogen) atoms. The van der Waals surface area contributed by atoms with Crippen LogP contribution in [0.1, 0.15) is 5.56 Å². The van der Waals surface area contributed by atoms with Crippen LogP contribution >= 0.6 is 47.2 Å². The summed E-state index contributed by atoms with van der Waals surface area (Å²) in [6.07, 6.45) is 1.62. The Bertz CT molecular complexity index is 946. The predicted octanol–water partition coefficient (Wildman–Crippen LogP) is 4.50. The van der Waals surface area contributed by atoms with E-state index in [0.717, 1.165) is 11.8 Å². The number of carbonyl (C=O) groups excluding carboxylic acids is 2. The van der Waals surface area contributed by atoms with Gasteiger partial charge >= 0.3 is 0 Å². The third-order valence-electron chi connectivity index (χ3n) is 3.39. The highest BCUT2D eigenvalue weighted by atomic mass is 35.5. The molecule has 0 saturated carbocycles. The van der Waals surface area contributed by atoms with Crippen LogP contribution in [0.3, 0.4) is 0 Å². The van der Waals surface area contributed by atoms with Gasteiger partial charge in [0.05, 0.1) is 4.91 Å². The van der Waals surface area contributed by atoms with E-state index in [4.69, 9.17) is 40.2 Å². The predicted molar refractivity (Wildman–Crippen MR) is 113 cm³/mol. The fourth-order valence-corrected chi connectivity index (χ4v) is 3.54. The molecule has 0 aliphatic carbocycles. The summed E-state index contributed by atoms with van der Waals surface area (Å²) >= 11 is 18.0. The molecular formula is C18H12Cl2N2O3S2. The monoisotopic (exact) mass is 438 g/mol. The van der Waals surface area contributed by atoms with E-state index >= 15 is 0 Å². The van der Waals surface area contributed by atoms with Crippen molar-refractivity contribution in [2.45, 2.75) is 0 Å². The molecule has 1 aliphatic rings. The number of benzene rings is 2. The number of amides is 2. The average Bonchev–Trinajstić information content (AvgIpc) is 2.93.